The van der Waals surface area contributed by atoms with Crippen LogP contribution in [0.2, 0.25) is 0 Å². The zero-order valence-corrected chi connectivity index (χ0v) is 36.6. The molecule has 0 bridgehead atoms. The van der Waals surface area contributed by atoms with Crippen LogP contribution in [0.1, 0.15) is 201 Å². The lowest BCUT2D eigenvalue weighted by Crippen LogP contribution is -3.00. The Labute approximate surface area is 338 Å². The summed E-state index contributed by atoms with van der Waals surface area (Å²) >= 11 is 0. The second kappa shape index (κ2) is 22.8. The van der Waals surface area contributed by atoms with Crippen molar-refractivity contribution in [2.24, 2.45) is 28.6 Å². The lowest BCUT2D eigenvalue weighted by Gasteiger charge is -2.60. The van der Waals surface area contributed by atoms with E-state index in [1.165, 1.54) is 134 Å². The Morgan fingerprint density at radius 3 is 1.78 bits per heavy atom. The van der Waals surface area contributed by atoms with Gasteiger partial charge in [0.2, 0.25) is 0 Å². The van der Waals surface area contributed by atoms with Gasteiger partial charge in [0, 0.05) is 11.8 Å². The van der Waals surface area contributed by atoms with E-state index in [1.807, 2.05) is 6.08 Å². The molecule has 3 fully saturated rings. The first kappa shape index (κ1) is 47.4. The maximum Gasteiger partial charge on any atom is 0.252 e. The summed E-state index contributed by atoms with van der Waals surface area (Å²) in [5.74, 6) is 0.566. The van der Waals surface area contributed by atoms with Gasteiger partial charge in [-0.2, -0.15) is 0 Å². The van der Waals surface area contributed by atoms with Crippen LogP contribution in [0, 0.1) is 28.6 Å². The van der Waals surface area contributed by atoms with Crippen molar-refractivity contribution >= 4 is 11.7 Å². The van der Waals surface area contributed by atoms with Crippen molar-refractivity contribution in [3.05, 3.63) is 11.6 Å². The first-order valence-corrected chi connectivity index (χ1v) is 23.2. The van der Waals surface area contributed by atoms with Gasteiger partial charge in [0.1, 0.15) is 5.60 Å². The van der Waals surface area contributed by atoms with Gasteiger partial charge in [-0.15, -0.1) is 0 Å². The number of carbonyl (C=O) groups is 2. The molecule has 4 rings (SSSR count). The molecule has 0 radical (unpaired) electrons. The molecule has 54 heavy (non-hydrogen) atoms. The van der Waals surface area contributed by atoms with Crippen molar-refractivity contribution in [2.75, 3.05) is 33.2 Å². The zero-order valence-electron chi connectivity index (χ0n) is 35.8. The minimum Gasteiger partial charge on any atom is -1.00 e. The Balaban J connectivity index is 0.00000784. The molecular formula is C47H85ClN2O4. The van der Waals surface area contributed by atoms with Crippen LogP contribution < -0.4 is 17.7 Å². The number of likely N-dealkylation sites (N-methyl/N-ethyl adjacent to an activating group) is 1. The maximum absolute atomic E-state index is 14.1. The highest BCUT2D eigenvalue weighted by Crippen LogP contribution is 2.67. The van der Waals surface area contributed by atoms with Crippen LogP contribution in [-0.4, -0.2) is 71.3 Å². The van der Waals surface area contributed by atoms with Gasteiger partial charge in [0.25, 0.3) is 5.91 Å². The van der Waals surface area contributed by atoms with Crippen molar-refractivity contribution < 1.29 is 36.7 Å². The fourth-order valence-corrected chi connectivity index (χ4v) is 11.9. The molecule has 1 amide bonds. The van der Waals surface area contributed by atoms with E-state index >= 15 is 0 Å². The topological polar surface area (TPSA) is 86.6 Å². The number of allylic oxidation sites excluding steroid dienone is 1. The number of unbranched alkanes of at least 4 members (excludes halogenated alkanes) is 18. The molecule has 0 aromatic carbocycles. The highest BCUT2D eigenvalue weighted by molar-refractivity contribution is 5.91. The molecule has 0 unspecified atom stereocenters. The molecule has 3 N–H and O–H groups in total. The van der Waals surface area contributed by atoms with Crippen LogP contribution in [-0.2, 0) is 9.59 Å². The monoisotopic (exact) mass is 777 g/mol. The predicted molar refractivity (Wildman–Crippen MR) is 221 cm³/mol. The van der Waals surface area contributed by atoms with Gasteiger partial charge in [-0.3, -0.25) is 9.59 Å². The normalized spacial score (nSPS) is 30.6. The van der Waals surface area contributed by atoms with Crippen molar-refractivity contribution in [3.63, 3.8) is 0 Å². The fourth-order valence-electron chi connectivity index (χ4n) is 11.9. The Hall–Kier alpha value is -0.950. The molecule has 0 heterocycles. The number of hydrogen-bond donors (Lipinski definition) is 3. The van der Waals surface area contributed by atoms with Crippen molar-refractivity contribution in [1.29, 1.82) is 0 Å². The number of nitrogens with zero attached hydrogens (tertiary/aromatic N) is 1. The van der Waals surface area contributed by atoms with E-state index in [1.54, 1.807) is 0 Å². The largest absolute Gasteiger partial charge is 1.00 e. The zero-order chi connectivity index (χ0) is 38.4. The number of rotatable bonds is 26. The van der Waals surface area contributed by atoms with Crippen molar-refractivity contribution in [3.8, 4) is 0 Å². The lowest BCUT2D eigenvalue weighted by molar-refractivity contribution is -0.908. The Kier molecular flexibility index (Phi) is 20.1. The van der Waals surface area contributed by atoms with Gasteiger partial charge in [-0.1, -0.05) is 136 Å². The van der Waals surface area contributed by atoms with E-state index < -0.39 is 17.1 Å². The molecule has 3 saturated carbocycles. The molecular weight excluding hydrogens is 692 g/mol. The Morgan fingerprint density at radius 2 is 1.26 bits per heavy atom. The number of halogens is 1. The number of quaternary nitrogens is 1. The predicted octanol–water partition coefficient (Wildman–Crippen LogP) is 7.63. The molecule has 0 aromatic rings. The van der Waals surface area contributed by atoms with E-state index in [9.17, 15) is 19.8 Å². The van der Waals surface area contributed by atoms with Crippen LogP contribution in [0.15, 0.2) is 11.6 Å². The minimum atomic E-state index is -1.46. The molecule has 0 aromatic heterocycles. The molecule has 314 valence electrons. The van der Waals surface area contributed by atoms with Gasteiger partial charge in [0.15, 0.2) is 5.78 Å². The van der Waals surface area contributed by atoms with Crippen LogP contribution >= 0.6 is 0 Å². The maximum atomic E-state index is 14.1. The number of amides is 1. The fraction of sp³-hybridized carbons (Fsp3) is 0.915. The number of fused-ring (bicyclic) bond motifs is 5. The minimum absolute atomic E-state index is 0. The van der Waals surface area contributed by atoms with Crippen LogP contribution in [0.3, 0.4) is 0 Å². The van der Waals surface area contributed by atoms with E-state index in [0.717, 1.165) is 49.8 Å². The number of aliphatic hydroxyl groups excluding tert-OH is 1. The molecule has 4 aliphatic rings. The average molecular weight is 778 g/mol. The van der Waals surface area contributed by atoms with Crippen molar-refractivity contribution in [1.82, 2.24) is 5.32 Å². The quantitative estimate of drug-likeness (QED) is 0.0624. The molecule has 0 saturated heterocycles. The standard InChI is InChI=1S/C47H84N2O4.ClH/c1-6-8-10-12-14-16-18-20-22-24-33-49(5,34-25-23-21-19-17-15-13-11-9-7-2)35-32-48-44(52)47(53)31-29-41-40-27-26-38-36-39(50)28-30-45(38,3)43(40)42(51)37-46(41,47)4;/h36,40-43,51,53H,6-35,37H2,1-5H3;1H/t40-,41-,42-,43+,45-,46-,47-;/m0./s1. The first-order valence-electron chi connectivity index (χ1n) is 23.2. The molecule has 4 aliphatic carbocycles. The van der Waals surface area contributed by atoms with E-state index in [-0.39, 0.29) is 47.3 Å². The molecule has 0 spiro atoms. The van der Waals surface area contributed by atoms with Crippen LogP contribution in [0.5, 0.6) is 0 Å². The second-order valence-corrected chi connectivity index (χ2v) is 19.4. The molecule has 0 aliphatic heterocycles. The molecule has 7 atom stereocenters. The molecule has 7 heteroatoms. The first-order chi connectivity index (χ1) is 25.4. The van der Waals surface area contributed by atoms with E-state index in [2.05, 4.69) is 40.1 Å². The van der Waals surface area contributed by atoms with Crippen LogP contribution in [0.25, 0.3) is 0 Å². The summed E-state index contributed by atoms with van der Waals surface area (Å²) in [5, 5.41) is 27.4. The van der Waals surface area contributed by atoms with E-state index in [4.69, 9.17) is 0 Å². The number of aliphatic hydroxyl groups is 2. The summed E-state index contributed by atoms with van der Waals surface area (Å²) in [4.78, 5) is 26.4. The van der Waals surface area contributed by atoms with Gasteiger partial charge >= 0.3 is 0 Å². The SMILES string of the molecule is CCCCCCCCCCCC[N+](C)(CCCCCCCCCCCC)CCNC(=O)[C@@]1(O)CC[C@H]2[C@@H]3CCC4=CC(=O)CC[C@]4(C)[C@H]3[C@@H](O)C[C@@]21C.[Cl-]. The smallest absolute Gasteiger partial charge is 0.252 e. The summed E-state index contributed by atoms with van der Waals surface area (Å²) in [5.41, 5.74) is -1.05. The lowest BCUT2D eigenvalue weighted by atomic mass is 9.45. The molecule has 6 nitrogen and oxygen atoms in total. The van der Waals surface area contributed by atoms with Gasteiger partial charge in [-0.05, 0) is 93.5 Å². The van der Waals surface area contributed by atoms with Gasteiger partial charge in [0.05, 0.1) is 39.3 Å². The highest BCUT2D eigenvalue weighted by atomic mass is 35.5. The van der Waals surface area contributed by atoms with Crippen LogP contribution in [0.4, 0.5) is 0 Å². The number of ketones is 1. The van der Waals surface area contributed by atoms with E-state index in [0.29, 0.717) is 25.8 Å². The average Bonchev–Trinajstić information content (AvgIpc) is 3.40. The van der Waals surface area contributed by atoms with Gasteiger partial charge < -0.3 is 32.4 Å². The summed E-state index contributed by atoms with van der Waals surface area (Å²) in [6.07, 6.45) is 33.2. The summed E-state index contributed by atoms with van der Waals surface area (Å²) in [7, 11) is 2.40. The van der Waals surface area contributed by atoms with Gasteiger partial charge in [-0.25, -0.2) is 0 Å². The number of carbonyl (C=O) groups excluding carboxylic acids is 2. The summed E-state index contributed by atoms with van der Waals surface area (Å²) in [6.45, 7) is 12.7. The van der Waals surface area contributed by atoms with Crippen molar-refractivity contribution in [2.45, 2.75) is 213 Å². The third kappa shape index (κ3) is 12.0. The number of hydrogen-bond acceptors (Lipinski definition) is 4. The third-order valence-corrected chi connectivity index (χ3v) is 15.5. The Morgan fingerprint density at radius 1 is 0.759 bits per heavy atom. The third-order valence-electron chi connectivity index (χ3n) is 15.5. The summed E-state index contributed by atoms with van der Waals surface area (Å²) < 4.78 is 0.992. The summed E-state index contributed by atoms with van der Waals surface area (Å²) in [6, 6.07) is 0. The highest BCUT2D eigenvalue weighted by Gasteiger charge is 2.68. The number of nitrogens with one attached hydrogen (secondary N) is 1. The second-order valence-electron chi connectivity index (χ2n) is 19.4. The Bertz CT molecular complexity index is 1140.